The second-order valence-corrected chi connectivity index (χ2v) is 6.91. The molecule has 132 valence electrons. The summed E-state index contributed by atoms with van der Waals surface area (Å²) in [4.78, 5) is 22.6. The summed E-state index contributed by atoms with van der Waals surface area (Å²) < 4.78 is 0. The summed E-state index contributed by atoms with van der Waals surface area (Å²) in [7, 11) is 4.00. The lowest BCUT2D eigenvalue weighted by Crippen LogP contribution is -2.14. The molecule has 0 saturated heterocycles. The van der Waals surface area contributed by atoms with Crippen molar-refractivity contribution in [3.05, 3.63) is 42.9 Å². The van der Waals surface area contributed by atoms with E-state index in [-0.39, 0.29) is 11.8 Å². The van der Waals surface area contributed by atoms with Crippen molar-refractivity contribution in [2.24, 2.45) is 5.92 Å². The Hall–Kier alpha value is -3.15. The maximum atomic E-state index is 12.0. The van der Waals surface area contributed by atoms with Crippen LogP contribution in [0.1, 0.15) is 12.8 Å². The normalized spacial score (nSPS) is 13.6. The summed E-state index contributed by atoms with van der Waals surface area (Å²) in [5.74, 6) is 0.745. The van der Waals surface area contributed by atoms with Gasteiger partial charge in [-0.1, -0.05) is 0 Å². The van der Waals surface area contributed by atoms with Crippen molar-refractivity contribution in [1.82, 2.24) is 9.97 Å². The summed E-state index contributed by atoms with van der Waals surface area (Å²) in [6.45, 7) is 0. The molecule has 6 nitrogen and oxygen atoms in total. The highest BCUT2D eigenvalue weighted by atomic mass is 16.2. The molecule has 0 atom stereocenters. The molecule has 2 heterocycles. The quantitative estimate of drug-likeness (QED) is 0.708. The van der Waals surface area contributed by atoms with Gasteiger partial charge in [-0.2, -0.15) is 0 Å². The number of pyridine rings is 2. The smallest absolute Gasteiger partial charge is 0.228 e. The maximum Gasteiger partial charge on any atom is 0.228 e. The minimum atomic E-state index is 0.0446. The van der Waals surface area contributed by atoms with E-state index in [1.54, 1.807) is 12.4 Å². The maximum absolute atomic E-state index is 12.0. The van der Waals surface area contributed by atoms with Crippen LogP contribution in [-0.2, 0) is 4.79 Å². The minimum absolute atomic E-state index is 0.0446. The molecular formula is C20H21N5O. The molecule has 4 rings (SSSR count). The fraction of sp³-hybridized carbons (Fsp3) is 0.250. The Bertz CT molecular complexity index is 995. The van der Waals surface area contributed by atoms with Crippen LogP contribution in [0.3, 0.4) is 0 Å². The summed E-state index contributed by atoms with van der Waals surface area (Å²) in [6.07, 6.45) is 7.26. The number of aromatic nitrogens is 2. The van der Waals surface area contributed by atoms with E-state index in [4.69, 9.17) is 5.73 Å². The number of amides is 1. The molecule has 26 heavy (non-hydrogen) atoms. The van der Waals surface area contributed by atoms with Crippen molar-refractivity contribution in [2.75, 3.05) is 30.0 Å². The van der Waals surface area contributed by atoms with E-state index in [0.29, 0.717) is 11.5 Å². The molecule has 1 aromatic carbocycles. The number of carbonyl (C=O) groups is 1. The van der Waals surface area contributed by atoms with Gasteiger partial charge in [-0.15, -0.1) is 0 Å². The number of nitrogens with zero attached hydrogens (tertiary/aromatic N) is 3. The van der Waals surface area contributed by atoms with E-state index in [9.17, 15) is 4.79 Å². The van der Waals surface area contributed by atoms with Gasteiger partial charge < -0.3 is 16.0 Å². The number of carbonyl (C=O) groups excluding carboxylic acids is 1. The highest BCUT2D eigenvalue weighted by molar-refractivity contribution is 6.00. The number of hydrogen-bond donors (Lipinski definition) is 2. The van der Waals surface area contributed by atoms with Gasteiger partial charge in [0.1, 0.15) is 5.82 Å². The number of hydrogen-bond acceptors (Lipinski definition) is 5. The highest BCUT2D eigenvalue weighted by Gasteiger charge is 2.29. The molecule has 0 unspecified atom stereocenters. The molecular weight excluding hydrogens is 326 g/mol. The largest absolute Gasteiger partial charge is 0.398 e. The number of benzene rings is 1. The molecule has 1 aliphatic rings. The van der Waals surface area contributed by atoms with Crippen molar-refractivity contribution in [3.8, 4) is 11.1 Å². The van der Waals surface area contributed by atoms with Crippen LogP contribution in [0.15, 0.2) is 42.9 Å². The van der Waals surface area contributed by atoms with Crippen LogP contribution in [0.2, 0.25) is 0 Å². The van der Waals surface area contributed by atoms with E-state index in [1.165, 1.54) is 0 Å². The first kappa shape index (κ1) is 16.3. The predicted molar refractivity (Wildman–Crippen MR) is 105 cm³/mol. The van der Waals surface area contributed by atoms with Crippen molar-refractivity contribution in [3.63, 3.8) is 0 Å². The Kier molecular flexibility index (Phi) is 3.95. The Morgan fingerprint density at radius 3 is 2.77 bits per heavy atom. The molecule has 3 aromatic rings. The van der Waals surface area contributed by atoms with Gasteiger partial charge in [-0.05, 0) is 48.1 Å². The van der Waals surface area contributed by atoms with Crippen molar-refractivity contribution in [2.45, 2.75) is 12.8 Å². The van der Waals surface area contributed by atoms with Gasteiger partial charge in [0.15, 0.2) is 0 Å². The molecule has 0 radical (unpaired) electrons. The second kappa shape index (κ2) is 6.29. The van der Waals surface area contributed by atoms with Gasteiger partial charge in [0.05, 0.1) is 0 Å². The van der Waals surface area contributed by atoms with Crippen molar-refractivity contribution >= 4 is 33.9 Å². The standard InChI is InChI=1S/C20H21N5O/c1-25(2)18-5-6-22-10-16(18)13-7-14-9-19(24-20(26)12-3-4-12)23-11-15(14)17(21)8-13/h5-12H,3-4,21H2,1-2H3,(H,23,24,26). The van der Waals surface area contributed by atoms with Crippen LogP contribution in [0, 0.1) is 5.92 Å². The second-order valence-electron chi connectivity index (χ2n) is 6.91. The average molecular weight is 347 g/mol. The zero-order valence-electron chi connectivity index (χ0n) is 14.9. The third-order valence-corrected chi connectivity index (χ3v) is 4.66. The topological polar surface area (TPSA) is 84.1 Å². The summed E-state index contributed by atoms with van der Waals surface area (Å²) in [5.41, 5.74) is 9.97. The van der Waals surface area contributed by atoms with E-state index < -0.39 is 0 Å². The number of fused-ring (bicyclic) bond motifs is 1. The number of rotatable bonds is 4. The third kappa shape index (κ3) is 3.06. The van der Waals surface area contributed by atoms with E-state index in [2.05, 4.69) is 21.4 Å². The molecule has 2 aromatic heterocycles. The molecule has 1 amide bonds. The summed E-state index contributed by atoms with van der Waals surface area (Å²) in [5, 5.41) is 4.70. The van der Waals surface area contributed by atoms with Crippen molar-refractivity contribution in [1.29, 1.82) is 0 Å². The molecule has 3 N–H and O–H groups in total. The first-order valence-electron chi connectivity index (χ1n) is 8.65. The summed E-state index contributed by atoms with van der Waals surface area (Å²) in [6, 6.07) is 7.85. The number of nitrogen functional groups attached to an aromatic ring is 1. The first-order chi connectivity index (χ1) is 12.5. The van der Waals surface area contributed by atoms with Gasteiger partial charge in [0.2, 0.25) is 5.91 Å². The average Bonchev–Trinajstić information content (AvgIpc) is 3.46. The monoisotopic (exact) mass is 347 g/mol. The predicted octanol–water partition coefficient (Wildman–Crippen LogP) is 3.29. The Morgan fingerprint density at radius 2 is 2.04 bits per heavy atom. The van der Waals surface area contributed by atoms with Crippen LogP contribution in [0.4, 0.5) is 17.2 Å². The Balaban J connectivity index is 1.78. The number of nitrogens with two attached hydrogens (primary N) is 1. The van der Waals surface area contributed by atoms with E-state index >= 15 is 0 Å². The molecule has 1 aliphatic carbocycles. The van der Waals surface area contributed by atoms with Crippen LogP contribution >= 0.6 is 0 Å². The Labute approximate surface area is 152 Å². The van der Waals surface area contributed by atoms with Crippen LogP contribution < -0.4 is 16.0 Å². The zero-order chi connectivity index (χ0) is 18.3. The molecule has 0 bridgehead atoms. The fourth-order valence-electron chi connectivity index (χ4n) is 3.08. The zero-order valence-corrected chi connectivity index (χ0v) is 14.9. The minimum Gasteiger partial charge on any atom is -0.398 e. The van der Waals surface area contributed by atoms with Crippen molar-refractivity contribution < 1.29 is 4.79 Å². The van der Waals surface area contributed by atoms with E-state index in [1.807, 2.05) is 43.4 Å². The molecule has 1 fully saturated rings. The lowest BCUT2D eigenvalue weighted by atomic mass is 10.0. The lowest BCUT2D eigenvalue weighted by molar-refractivity contribution is -0.117. The molecule has 0 aliphatic heterocycles. The van der Waals surface area contributed by atoms with Gasteiger partial charge in [0, 0.05) is 60.9 Å². The van der Waals surface area contributed by atoms with Gasteiger partial charge in [0.25, 0.3) is 0 Å². The highest BCUT2D eigenvalue weighted by Crippen LogP contribution is 2.35. The number of nitrogens with one attached hydrogen (secondary N) is 1. The first-order valence-corrected chi connectivity index (χ1v) is 8.65. The van der Waals surface area contributed by atoms with Crippen LogP contribution in [-0.4, -0.2) is 30.0 Å². The van der Waals surface area contributed by atoms with Gasteiger partial charge in [-0.3, -0.25) is 9.78 Å². The van der Waals surface area contributed by atoms with Gasteiger partial charge >= 0.3 is 0 Å². The van der Waals surface area contributed by atoms with Crippen LogP contribution in [0.25, 0.3) is 21.9 Å². The Morgan fingerprint density at radius 1 is 1.23 bits per heavy atom. The molecule has 1 saturated carbocycles. The van der Waals surface area contributed by atoms with Crippen LogP contribution in [0.5, 0.6) is 0 Å². The third-order valence-electron chi connectivity index (χ3n) is 4.66. The number of anilines is 3. The van der Waals surface area contributed by atoms with Gasteiger partial charge in [-0.25, -0.2) is 4.98 Å². The van der Waals surface area contributed by atoms with E-state index in [0.717, 1.165) is 40.4 Å². The fourth-order valence-corrected chi connectivity index (χ4v) is 3.08. The SMILES string of the molecule is CN(C)c1ccncc1-c1cc(N)c2cnc(NC(=O)C3CC3)cc2c1. The molecule has 6 heteroatoms. The molecule has 0 spiro atoms. The summed E-state index contributed by atoms with van der Waals surface area (Å²) >= 11 is 0. The lowest BCUT2D eigenvalue weighted by Gasteiger charge is -2.18.